The fourth-order valence-electron chi connectivity index (χ4n) is 2.02. The standard InChI is InChI=1S/C17H21N3O/c1-12(10-18)11-19-17(21)15-8-9-16(20-13(15)2)14-6-4-3-5-7-14/h3-9,12H,10-11,18H2,1-2H3,(H,19,21). The lowest BCUT2D eigenvalue weighted by molar-refractivity contribution is 0.0947. The first kappa shape index (κ1) is 15.2. The Hall–Kier alpha value is -2.20. The van der Waals surface area contributed by atoms with E-state index in [-0.39, 0.29) is 11.8 Å². The fraction of sp³-hybridized carbons (Fsp3) is 0.294. The van der Waals surface area contributed by atoms with Crippen LogP contribution in [0.15, 0.2) is 42.5 Å². The largest absolute Gasteiger partial charge is 0.352 e. The molecule has 0 spiro atoms. The van der Waals surface area contributed by atoms with Gasteiger partial charge in [-0.1, -0.05) is 37.3 Å². The maximum atomic E-state index is 12.1. The van der Waals surface area contributed by atoms with Crippen molar-refractivity contribution in [3.05, 3.63) is 53.7 Å². The first-order valence-corrected chi connectivity index (χ1v) is 7.13. The molecule has 1 heterocycles. The minimum Gasteiger partial charge on any atom is -0.352 e. The van der Waals surface area contributed by atoms with E-state index >= 15 is 0 Å². The van der Waals surface area contributed by atoms with E-state index in [1.807, 2.05) is 56.3 Å². The molecule has 0 saturated heterocycles. The summed E-state index contributed by atoms with van der Waals surface area (Å²) in [4.78, 5) is 16.7. The third-order valence-corrected chi connectivity index (χ3v) is 3.41. The summed E-state index contributed by atoms with van der Waals surface area (Å²) < 4.78 is 0. The Morgan fingerprint density at radius 2 is 1.95 bits per heavy atom. The number of aryl methyl sites for hydroxylation is 1. The molecule has 0 radical (unpaired) electrons. The summed E-state index contributed by atoms with van der Waals surface area (Å²) >= 11 is 0. The molecule has 2 rings (SSSR count). The van der Waals surface area contributed by atoms with Crippen molar-refractivity contribution in [2.45, 2.75) is 13.8 Å². The molecule has 0 fully saturated rings. The van der Waals surface area contributed by atoms with Crippen LogP contribution in [0.1, 0.15) is 23.0 Å². The van der Waals surface area contributed by atoms with Gasteiger partial charge in [0.25, 0.3) is 5.91 Å². The smallest absolute Gasteiger partial charge is 0.253 e. The van der Waals surface area contributed by atoms with E-state index in [2.05, 4.69) is 10.3 Å². The van der Waals surface area contributed by atoms with Crippen molar-refractivity contribution in [2.75, 3.05) is 13.1 Å². The van der Waals surface area contributed by atoms with Gasteiger partial charge in [-0.25, -0.2) is 0 Å². The molecule has 1 aromatic carbocycles. The molecular formula is C17H21N3O. The molecule has 0 saturated carbocycles. The molecule has 0 aliphatic rings. The van der Waals surface area contributed by atoms with Gasteiger partial charge in [0.1, 0.15) is 0 Å². The zero-order chi connectivity index (χ0) is 15.2. The Morgan fingerprint density at radius 3 is 2.57 bits per heavy atom. The minimum atomic E-state index is -0.0973. The molecule has 21 heavy (non-hydrogen) atoms. The van der Waals surface area contributed by atoms with Crippen LogP contribution in [0.5, 0.6) is 0 Å². The van der Waals surface area contributed by atoms with E-state index in [0.717, 1.165) is 17.0 Å². The summed E-state index contributed by atoms with van der Waals surface area (Å²) in [5.74, 6) is 0.172. The SMILES string of the molecule is Cc1nc(-c2ccccc2)ccc1C(=O)NCC(C)CN. The van der Waals surface area contributed by atoms with Crippen molar-refractivity contribution >= 4 is 5.91 Å². The molecule has 0 aliphatic carbocycles. The summed E-state index contributed by atoms with van der Waals surface area (Å²) in [5, 5.41) is 2.89. The van der Waals surface area contributed by atoms with E-state index in [4.69, 9.17) is 5.73 Å². The van der Waals surface area contributed by atoms with Gasteiger partial charge in [0.2, 0.25) is 0 Å². The molecule has 110 valence electrons. The summed E-state index contributed by atoms with van der Waals surface area (Å²) in [7, 11) is 0. The second-order valence-corrected chi connectivity index (χ2v) is 5.25. The lowest BCUT2D eigenvalue weighted by Crippen LogP contribution is -2.31. The number of pyridine rings is 1. The number of carbonyl (C=O) groups is 1. The number of aromatic nitrogens is 1. The van der Waals surface area contributed by atoms with Crippen LogP contribution >= 0.6 is 0 Å². The first-order chi connectivity index (χ1) is 10.1. The normalized spacial score (nSPS) is 12.0. The Balaban J connectivity index is 2.14. The summed E-state index contributed by atoms with van der Waals surface area (Å²) in [6.07, 6.45) is 0. The van der Waals surface area contributed by atoms with Crippen LogP contribution in [0.2, 0.25) is 0 Å². The molecule has 1 aromatic heterocycles. The molecule has 4 heteroatoms. The number of rotatable bonds is 5. The summed E-state index contributed by atoms with van der Waals surface area (Å²) in [6.45, 7) is 5.00. The van der Waals surface area contributed by atoms with Crippen molar-refractivity contribution in [2.24, 2.45) is 11.7 Å². The monoisotopic (exact) mass is 283 g/mol. The average molecular weight is 283 g/mol. The molecule has 2 aromatic rings. The van der Waals surface area contributed by atoms with Gasteiger partial charge in [-0.3, -0.25) is 9.78 Å². The van der Waals surface area contributed by atoms with Gasteiger partial charge in [0, 0.05) is 12.1 Å². The molecule has 0 bridgehead atoms. The summed E-state index contributed by atoms with van der Waals surface area (Å²) in [5.41, 5.74) is 8.81. The second-order valence-electron chi connectivity index (χ2n) is 5.25. The predicted molar refractivity (Wildman–Crippen MR) is 85.0 cm³/mol. The number of nitrogens with two attached hydrogens (primary N) is 1. The van der Waals surface area contributed by atoms with Gasteiger partial charge in [0.15, 0.2) is 0 Å². The van der Waals surface area contributed by atoms with Crippen LogP contribution in [-0.2, 0) is 0 Å². The van der Waals surface area contributed by atoms with Gasteiger partial charge in [0.05, 0.1) is 17.0 Å². The van der Waals surface area contributed by atoms with Crippen molar-refractivity contribution in [1.29, 1.82) is 0 Å². The fourth-order valence-corrected chi connectivity index (χ4v) is 2.02. The van der Waals surface area contributed by atoms with Crippen LogP contribution in [0.4, 0.5) is 0 Å². The van der Waals surface area contributed by atoms with Crippen LogP contribution < -0.4 is 11.1 Å². The first-order valence-electron chi connectivity index (χ1n) is 7.13. The minimum absolute atomic E-state index is 0.0973. The zero-order valence-corrected chi connectivity index (χ0v) is 12.5. The molecule has 0 aliphatic heterocycles. The average Bonchev–Trinajstić information content (AvgIpc) is 2.53. The lowest BCUT2D eigenvalue weighted by Gasteiger charge is -2.12. The van der Waals surface area contributed by atoms with Gasteiger partial charge in [-0.05, 0) is 31.5 Å². The van der Waals surface area contributed by atoms with Crippen molar-refractivity contribution in [1.82, 2.24) is 10.3 Å². The third-order valence-electron chi connectivity index (χ3n) is 3.41. The number of amides is 1. The number of benzene rings is 1. The highest BCUT2D eigenvalue weighted by Gasteiger charge is 2.12. The Morgan fingerprint density at radius 1 is 1.24 bits per heavy atom. The number of carbonyl (C=O) groups excluding carboxylic acids is 1. The number of nitrogens with zero attached hydrogens (tertiary/aromatic N) is 1. The second kappa shape index (κ2) is 6.99. The van der Waals surface area contributed by atoms with Crippen LogP contribution in [0.3, 0.4) is 0 Å². The quantitative estimate of drug-likeness (QED) is 0.885. The highest BCUT2D eigenvalue weighted by Crippen LogP contribution is 2.18. The maximum absolute atomic E-state index is 12.1. The topological polar surface area (TPSA) is 68.0 Å². The van der Waals surface area contributed by atoms with Gasteiger partial charge in [-0.2, -0.15) is 0 Å². The van der Waals surface area contributed by atoms with Crippen LogP contribution in [-0.4, -0.2) is 24.0 Å². The number of hydrogen-bond acceptors (Lipinski definition) is 3. The van der Waals surface area contributed by atoms with Crippen LogP contribution in [0.25, 0.3) is 11.3 Å². The van der Waals surface area contributed by atoms with E-state index in [9.17, 15) is 4.79 Å². The number of nitrogens with one attached hydrogen (secondary N) is 1. The van der Waals surface area contributed by atoms with Crippen LogP contribution in [0, 0.1) is 12.8 Å². The van der Waals surface area contributed by atoms with Crippen molar-refractivity contribution in [3.63, 3.8) is 0 Å². The highest BCUT2D eigenvalue weighted by molar-refractivity contribution is 5.95. The van der Waals surface area contributed by atoms with E-state index in [1.165, 1.54) is 0 Å². The zero-order valence-electron chi connectivity index (χ0n) is 12.5. The molecule has 1 unspecified atom stereocenters. The Kier molecular flexibility index (Phi) is 5.06. The molecule has 3 N–H and O–H groups in total. The van der Waals surface area contributed by atoms with E-state index < -0.39 is 0 Å². The molecule has 1 amide bonds. The van der Waals surface area contributed by atoms with Gasteiger partial charge in [-0.15, -0.1) is 0 Å². The maximum Gasteiger partial charge on any atom is 0.253 e. The third kappa shape index (κ3) is 3.89. The number of hydrogen-bond donors (Lipinski definition) is 2. The highest BCUT2D eigenvalue weighted by atomic mass is 16.1. The molecule has 4 nitrogen and oxygen atoms in total. The van der Waals surface area contributed by atoms with Crippen molar-refractivity contribution < 1.29 is 4.79 Å². The predicted octanol–water partition coefficient (Wildman–Crippen LogP) is 2.38. The van der Waals surface area contributed by atoms with Crippen molar-refractivity contribution in [3.8, 4) is 11.3 Å². The van der Waals surface area contributed by atoms with Gasteiger partial charge >= 0.3 is 0 Å². The summed E-state index contributed by atoms with van der Waals surface area (Å²) in [6, 6.07) is 13.6. The van der Waals surface area contributed by atoms with E-state index in [0.29, 0.717) is 18.7 Å². The lowest BCUT2D eigenvalue weighted by atomic mass is 10.1. The Labute approximate surface area is 125 Å². The molecule has 1 atom stereocenters. The van der Waals surface area contributed by atoms with E-state index in [1.54, 1.807) is 0 Å². The Bertz CT molecular complexity index is 611. The van der Waals surface area contributed by atoms with Gasteiger partial charge < -0.3 is 11.1 Å². The molecular weight excluding hydrogens is 262 g/mol.